The van der Waals surface area contributed by atoms with Gasteiger partial charge < -0.3 is 10.2 Å². The molecule has 116 valence electrons. The third-order valence-corrected chi connectivity index (χ3v) is 3.92. The molecule has 2 rings (SSSR count). The van der Waals surface area contributed by atoms with Crippen LogP contribution in [0.2, 0.25) is 0 Å². The predicted octanol–water partition coefficient (Wildman–Crippen LogP) is 3.38. The third kappa shape index (κ3) is 4.14. The second kappa shape index (κ2) is 7.17. The zero-order valence-corrected chi connectivity index (χ0v) is 13.2. The number of thiophene rings is 1. The van der Waals surface area contributed by atoms with Gasteiger partial charge in [0.05, 0.1) is 4.88 Å². The molecule has 0 bridgehead atoms. The quantitative estimate of drug-likeness (QED) is 0.918. The van der Waals surface area contributed by atoms with Crippen molar-refractivity contribution in [1.29, 1.82) is 0 Å². The number of hydrogen-bond donors (Lipinski definition) is 1. The molecule has 1 aromatic heterocycles. The van der Waals surface area contributed by atoms with E-state index in [1.54, 1.807) is 12.1 Å². The standard InChI is InChI=1S/C16H17FN2O2S/c1-11(2)19(16(21)14-4-3-9-22-14)10-15(20)18-13-7-5-12(17)6-8-13/h3-9,11H,10H2,1-2H3,(H,18,20). The van der Waals surface area contributed by atoms with Gasteiger partial charge in [0, 0.05) is 11.7 Å². The molecule has 0 unspecified atom stereocenters. The predicted molar refractivity (Wildman–Crippen MR) is 85.5 cm³/mol. The Morgan fingerprint density at radius 3 is 2.45 bits per heavy atom. The molecule has 4 nitrogen and oxygen atoms in total. The van der Waals surface area contributed by atoms with Gasteiger partial charge >= 0.3 is 0 Å². The first kappa shape index (κ1) is 16.2. The van der Waals surface area contributed by atoms with Crippen molar-refractivity contribution in [2.75, 3.05) is 11.9 Å². The van der Waals surface area contributed by atoms with Crippen LogP contribution in [0.15, 0.2) is 41.8 Å². The van der Waals surface area contributed by atoms with Gasteiger partial charge in [-0.15, -0.1) is 11.3 Å². The van der Waals surface area contributed by atoms with Crippen LogP contribution in [0.4, 0.5) is 10.1 Å². The van der Waals surface area contributed by atoms with E-state index in [1.165, 1.54) is 40.5 Å². The van der Waals surface area contributed by atoms with Gasteiger partial charge in [-0.25, -0.2) is 4.39 Å². The first-order valence-corrected chi connectivity index (χ1v) is 7.75. The summed E-state index contributed by atoms with van der Waals surface area (Å²) in [5, 5.41) is 4.48. The van der Waals surface area contributed by atoms with Gasteiger partial charge in [0.2, 0.25) is 5.91 Å². The van der Waals surface area contributed by atoms with E-state index < -0.39 is 0 Å². The molecule has 1 heterocycles. The Morgan fingerprint density at radius 2 is 1.91 bits per heavy atom. The van der Waals surface area contributed by atoms with Crippen LogP contribution in [0.1, 0.15) is 23.5 Å². The lowest BCUT2D eigenvalue weighted by molar-refractivity contribution is -0.117. The van der Waals surface area contributed by atoms with E-state index in [1.807, 2.05) is 19.2 Å². The Morgan fingerprint density at radius 1 is 1.23 bits per heavy atom. The molecular weight excluding hydrogens is 303 g/mol. The molecule has 22 heavy (non-hydrogen) atoms. The van der Waals surface area contributed by atoms with Crippen LogP contribution in [0, 0.1) is 5.82 Å². The number of amides is 2. The van der Waals surface area contributed by atoms with Gasteiger partial charge in [-0.1, -0.05) is 6.07 Å². The molecule has 0 spiro atoms. The highest BCUT2D eigenvalue weighted by molar-refractivity contribution is 7.12. The normalized spacial score (nSPS) is 10.5. The fourth-order valence-electron chi connectivity index (χ4n) is 1.92. The van der Waals surface area contributed by atoms with E-state index in [2.05, 4.69) is 5.32 Å². The van der Waals surface area contributed by atoms with E-state index in [4.69, 9.17) is 0 Å². The number of hydrogen-bond acceptors (Lipinski definition) is 3. The Kier molecular flexibility index (Phi) is 5.27. The molecule has 1 N–H and O–H groups in total. The second-order valence-corrected chi connectivity index (χ2v) is 6.01. The molecule has 1 aromatic carbocycles. The molecule has 2 amide bonds. The zero-order chi connectivity index (χ0) is 16.1. The minimum atomic E-state index is -0.366. The maximum Gasteiger partial charge on any atom is 0.264 e. The molecule has 2 aromatic rings. The van der Waals surface area contributed by atoms with Crippen LogP contribution in [0.3, 0.4) is 0 Å². The van der Waals surface area contributed by atoms with Crippen molar-refractivity contribution in [1.82, 2.24) is 4.90 Å². The molecule has 0 fully saturated rings. The minimum absolute atomic E-state index is 0.0498. The molecule has 0 saturated carbocycles. The number of anilines is 1. The molecule has 0 radical (unpaired) electrons. The van der Waals surface area contributed by atoms with Gasteiger partial charge in [0.25, 0.3) is 5.91 Å². The van der Waals surface area contributed by atoms with Gasteiger partial charge in [-0.2, -0.15) is 0 Å². The molecule has 0 saturated heterocycles. The van der Waals surface area contributed by atoms with Crippen LogP contribution in [0.5, 0.6) is 0 Å². The molecule has 6 heteroatoms. The van der Waals surface area contributed by atoms with E-state index >= 15 is 0 Å². The second-order valence-electron chi connectivity index (χ2n) is 5.06. The van der Waals surface area contributed by atoms with Crippen LogP contribution in [0.25, 0.3) is 0 Å². The van der Waals surface area contributed by atoms with Gasteiger partial charge in [-0.3, -0.25) is 9.59 Å². The number of rotatable bonds is 5. The smallest absolute Gasteiger partial charge is 0.264 e. The van der Waals surface area contributed by atoms with Gasteiger partial charge in [-0.05, 0) is 49.6 Å². The summed E-state index contributed by atoms with van der Waals surface area (Å²) in [7, 11) is 0. The van der Waals surface area contributed by atoms with Crippen molar-refractivity contribution < 1.29 is 14.0 Å². The van der Waals surface area contributed by atoms with Crippen LogP contribution in [-0.2, 0) is 4.79 Å². The van der Waals surface area contributed by atoms with Crippen molar-refractivity contribution >= 4 is 28.8 Å². The summed E-state index contributed by atoms with van der Waals surface area (Å²) in [6, 6.07) is 8.94. The SMILES string of the molecule is CC(C)N(CC(=O)Nc1ccc(F)cc1)C(=O)c1cccs1. The summed E-state index contributed by atoms with van der Waals surface area (Å²) in [5.74, 6) is -0.848. The maximum atomic E-state index is 12.8. The maximum absolute atomic E-state index is 12.8. The van der Waals surface area contributed by atoms with Gasteiger partial charge in [0.15, 0.2) is 0 Å². The van der Waals surface area contributed by atoms with E-state index in [-0.39, 0.29) is 30.2 Å². The van der Waals surface area contributed by atoms with Crippen molar-refractivity contribution in [3.05, 3.63) is 52.5 Å². The fraction of sp³-hybridized carbons (Fsp3) is 0.250. The molecule has 0 aliphatic carbocycles. The topological polar surface area (TPSA) is 49.4 Å². The number of carbonyl (C=O) groups is 2. The summed E-state index contributed by atoms with van der Waals surface area (Å²) in [4.78, 5) is 26.6. The Labute approximate surface area is 132 Å². The number of nitrogens with one attached hydrogen (secondary N) is 1. The number of benzene rings is 1. The van der Waals surface area contributed by atoms with Crippen molar-refractivity contribution in [2.24, 2.45) is 0 Å². The van der Waals surface area contributed by atoms with Crippen molar-refractivity contribution in [3.63, 3.8) is 0 Å². The highest BCUT2D eigenvalue weighted by Gasteiger charge is 2.22. The summed E-state index contributed by atoms with van der Waals surface area (Å²) in [6.45, 7) is 3.67. The Bertz CT molecular complexity index is 639. The summed E-state index contributed by atoms with van der Waals surface area (Å²) < 4.78 is 12.8. The minimum Gasteiger partial charge on any atom is -0.326 e. The monoisotopic (exact) mass is 320 g/mol. The number of carbonyl (C=O) groups excluding carboxylic acids is 2. The first-order valence-electron chi connectivity index (χ1n) is 6.87. The molecule has 0 aliphatic heterocycles. The van der Waals surface area contributed by atoms with Crippen LogP contribution in [-0.4, -0.2) is 29.3 Å². The first-order chi connectivity index (χ1) is 10.5. The lowest BCUT2D eigenvalue weighted by Crippen LogP contribution is -2.42. The summed E-state index contributed by atoms with van der Waals surface area (Å²) in [5.41, 5.74) is 0.499. The Hall–Kier alpha value is -2.21. The molecule has 0 aliphatic rings. The van der Waals surface area contributed by atoms with Gasteiger partial charge in [0.1, 0.15) is 12.4 Å². The highest BCUT2D eigenvalue weighted by atomic mass is 32.1. The number of halogens is 1. The molecule has 0 atom stereocenters. The average Bonchev–Trinajstić information content (AvgIpc) is 3.00. The summed E-state index contributed by atoms with van der Waals surface area (Å²) in [6.07, 6.45) is 0. The van der Waals surface area contributed by atoms with E-state index in [0.29, 0.717) is 10.6 Å². The van der Waals surface area contributed by atoms with E-state index in [9.17, 15) is 14.0 Å². The van der Waals surface area contributed by atoms with Crippen LogP contribution >= 0.6 is 11.3 Å². The summed E-state index contributed by atoms with van der Waals surface area (Å²) >= 11 is 1.34. The fourth-order valence-corrected chi connectivity index (χ4v) is 2.60. The lowest BCUT2D eigenvalue weighted by atomic mass is 10.2. The third-order valence-electron chi connectivity index (χ3n) is 3.06. The van der Waals surface area contributed by atoms with Crippen LogP contribution < -0.4 is 5.32 Å². The lowest BCUT2D eigenvalue weighted by Gasteiger charge is -2.25. The zero-order valence-electron chi connectivity index (χ0n) is 12.4. The Balaban J connectivity index is 2.03. The van der Waals surface area contributed by atoms with E-state index in [0.717, 1.165) is 0 Å². The van der Waals surface area contributed by atoms with Crippen molar-refractivity contribution in [2.45, 2.75) is 19.9 Å². The highest BCUT2D eigenvalue weighted by Crippen LogP contribution is 2.14. The van der Waals surface area contributed by atoms with Crippen molar-refractivity contribution in [3.8, 4) is 0 Å². The number of nitrogens with zero attached hydrogens (tertiary/aromatic N) is 1. The average molecular weight is 320 g/mol. The molecular formula is C16H17FN2O2S. The largest absolute Gasteiger partial charge is 0.326 e.